The summed E-state index contributed by atoms with van der Waals surface area (Å²) < 4.78 is 2.12. The average molecular weight is 367 g/mol. The number of nitrogens with zero attached hydrogens (tertiary/aromatic N) is 3. The second kappa shape index (κ2) is 7.82. The molecule has 1 atom stereocenters. The van der Waals surface area contributed by atoms with Crippen molar-refractivity contribution in [1.82, 2.24) is 25.1 Å². The molecule has 0 bridgehead atoms. The predicted octanol–water partition coefficient (Wildman–Crippen LogP) is 1.62. The van der Waals surface area contributed by atoms with Crippen LogP contribution in [-0.2, 0) is 17.9 Å². The molecule has 6 nitrogen and oxygen atoms in total. The molecule has 2 fully saturated rings. The highest BCUT2D eigenvalue weighted by molar-refractivity contribution is 5.82. The number of likely N-dealkylation sites (N-methyl/N-ethyl adjacent to an activating group) is 1. The van der Waals surface area contributed by atoms with Gasteiger partial charge in [-0.3, -0.25) is 4.79 Å². The van der Waals surface area contributed by atoms with Gasteiger partial charge in [-0.05, 0) is 43.3 Å². The molecule has 2 N–H and O–H groups in total. The van der Waals surface area contributed by atoms with E-state index in [2.05, 4.69) is 32.3 Å². The van der Waals surface area contributed by atoms with E-state index in [1.165, 1.54) is 5.56 Å². The number of nitrogens with one attached hydrogen (secondary N) is 2. The van der Waals surface area contributed by atoms with E-state index in [1.54, 1.807) is 0 Å². The second-order valence-electron chi connectivity index (χ2n) is 8.04. The zero-order chi connectivity index (χ0) is 18.7. The van der Waals surface area contributed by atoms with Crippen LogP contribution in [-0.4, -0.2) is 53.1 Å². The number of carbonyl (C=O) groups excluding carboxylic acids is 1. The zero-order valence-electron chi connectivity index (χ0n) is 16.0. The summed E-state index contributed by atoms with van der Waals surface area (Å²) in [6.07, 6.45) is 7.08. The molecule has 0 saturated carbocycles. The number of amides is 1. The van der Waals surface area contributed by atoms with E-state index < -0.39 is 0 Å². The van der Waals surface area contributed by atoms with Crippen LogP contribution in [0.2, 0.25) is 0 Å². The van der Waals surface area contributed by atoms with Gasteiger partial charge < -0.3 is 20.1 Å². The van der Waals surface area contributed by atoms with E-state index in [4.69, 9.17) is 0 Å². The highest BCUT2D eigenvalue weighted by Crippen LogP contribution is 2.37. The topological polar surface area (TPSA) is 62.2 Å². The molecule has 2 aromatic rings. The lowest BCUT2D eigenvalue weighted by Crippen LogP contribution is -2.41. The van der Waals surface area contributed by atoms with Gasteiger partial charge in [0.1, 0.15) is 5.82 Å². The first-order valence-electron chi connectivity index (χ1n) is 9.88. The van der Waals surface area contributed by atoms with Gasteiger partial charge in [-0.15, -0.1) is 0 Å². The molecule has 2 aliphatic rings. The highest BCUT2D eigenvalue weighted by Gasteiger charge is 2.42. The summed E-state index contributed by atoms with van der Waals surface area (Å²) in [4.78, 5) is 19.3. The number of hydrogen-bond acceptors (Lipinski definition) is 4. The fourth-order valence-corrected chi connectivity index (χ4v) is 4.40. The molecule has 1 spiro atoms. The smallest absolute Gasteiger partial charge is 0.239 e. The molecule has 1 aromatic heterocycles. The van der Waals surface area contributed by atoms with Crippen molar-refractivity contribution in [3.8, 4) is 0 Å². The summed E-state index contributed by atoms with van der Waals surface area (Å²) in [6, 6.07) is 10.3. The normalized spacial score (nSPS) is 21.4. The van der Waals surface area contributed by atoms with Crippen LogP contribution in [0.25, 0.3) is 0 Å². The zero-order valence-corrected chi connectivity index (χ0v) is 16.0. The first-order valence-corrected chi connectivity index (χ1v) is 9.88. The van der Waals surface area contributed by atoms with Gasteiger partial charge in [-0.25, -0.2) is 4.98 Å². The Bertz CT molecular complexity index is 766. The first kappa shape index (κ1) is 18.2. The Morgan fingerprint density at radius 3 is 2.85 bits per heavy atom. The second-order valence-corrected chi connectivity index (χ2v) is 8.04. The summed E-state index contributed by atoms with van der Waals surface area (Å²) in [5, 5.41) is 6.91. The van der Waals surface area contributed by atoms with E-state index in [0.29, 0.717) is 12.0 Å². The largest absolute Gasteiger partial charge is 0.337 e. The Balaban J connectivity index is 1.37. The maximum absolute atomic E-state index is 13.0. The van der Waals surface area contributed by atoms with Crippen molar-refractivity contribution in [1.29, 1.82) is 0 Å². The lowest BCUT2D eigenvalue weighted by atomic mass is 9.77. The molecule has 1 unspecified atom stereocenters. The molecule has 1 aromatic carbocycles. The van der Waals surface area contributed by atoms with Gasteiger partial charge in [-0.1, -0.05) is 30.3 Å². The number of rotatable bonds is 5. The number of aromatic nitrogens is 2. The van der Waals surface area contributed by atoms with Crippen LogP contribution >= 0.6 is 0 Å². The Kier molecular flexibility index (Phi) is 5.27. The van der Waals surface area contributed by atoms with Crippen LogP contribution in [0.15, 0.2) is 42.7 Å². The Morgan fingerprint density at radius 2 is 2.07 bits per heavy atom. The van der Waals surface area contributed by atoms with E-state index in [0.717, 1.165) is 51.3 Å². The number of benzene rings is 1. The lowest BCUT2D eigenvalue weighted by Gasteiger charge is -2.33. The minimum Gasteiger partial charge on any atom is -0.337 e. The maximum Gasteiger partial charge on any atom is 0.239 e. The van der Waals surface area contributed by atoms with Gasteiger partial charge in [-0.2, -0.15) is 0 Å². The van der Waals surface area contributed by atoms with Crippen molar-refractivity contribution in [3.05, 3.63) is 54.1 Å². The van der Waals surface area contributed by atoms with Gasteiger partial charge in [0.05, 0.1) is 12.6 Å². The van der Waals surface area contributed by atoms with E-state index in [1.807, 2.05) is 42.5 Å². The Labute approximate surface area is 161 Å². The monoisotopic (exact) mass is 367 g/mol. The maximum atomic E-state index is 13.0. The summed E-state index contributed by atoms with van der Waals surface area (Å²) in [5.74, 6) is 1.10. The predicted molar refractivity (Wildman–Crippen MR) is 105 cm³/mol. The summed E-state index contributed by atoms with van der Waals surface area (Å²) in [7, 11) is 1.89. The fraction of sp³-hybridized carbons (Fsp3) is 0.524. The molecule has 2 saturated heterocycles. The molecule has 144 valence electrons. The third-order valence-corrected chi connectivity index (χ3v) is 6.08. The molecule has 3 heterocycles. The van der Waals surface area contributed by atoms with Crippen LogP contribution in [0.3, 0.4) is 0 Å². The first-order chi connectivity index (χ1) is 13.2. The van der Waals surface area contributed by atoms with Crippen molar-refractivity contribution in [2.45, 2.75) is 38.4 Å². The third kappa shape index (κ3) is 4.06. The van der Waals surface area contributed by atoms with E-state index >= 15 is 0 Å². The summed E-state index contributed by atoms with van der Waals surface area (Å²) in [5.41, 5.74) is 1.54. The highest BCUT2D eigenvalue weighted by atomic mass is 16.2. The Hall–Kier alpha value is -2.18. The van der Waals surface area contributed by atoms with Gasteiger partial charge in [0.25, 0.3) is 0 Å². The van der Waals surface area contributed by atoms with Gasteiger partial charge in [0.15, 0.2) is 0 Å². The van der Waals surface area contributed by atoms with Gasteiger partial charge >= 0.3 is 0 Å². The molecule has 2 aliphatic heterocycles. The Morgan fingerprint density at radius 1 is 1.30 bits per heavy atom. The SMILES string of the molecule is CN(Cc1nccn1Cc1ccccc1)C(=O)C1CC2(CCNCC2)CN1. The molecule has 27 heavy (non-hydrogen) atoms. The molecular formula is C21H29N5O. The van der Waals surface area contributed by atoms with Crippen molar-refractivity contribution in [3.63, 3.8) is 0 Å². The van der Waals surface area contributed by atoms with Crippen LogP contribution in [0.5, 0.6) is 0 Å². The average Bonchev–Trinajstić information content (AvgIpc) is 3.30. The van der Waals surface area contributed by atoms with Crippen LogP contribution in [0.1, 0.15) is 30.7 Å². The number of imidazole rings is 1. The standard InChI is InChI=1S/C21H29N5O/c1-25(20(27)18-13-21(16-24-18)7-9-22-10-8-21)15-19-23-11-12-26(19)14-17-5-3-2-4-6-17/h2-6,11-12,18,22,24H,7-10,13-16H2,1H3. The van der Waals surface area contributed by atoms with Gasteiger partial charge in [0.2, 0.25) is 5.91 Å². The molecule has 4 rings (SSSR count). The molecular weight excluding hydrogens is 338 g/mol. The number of hydrogen-bond donors (Lipinski definition) is 2. The molecule has 0 radical (unpaired) electrons. The van der Waals surface area contributed by atoms with Crippen molar-refractivity contribution < 1.29 is 4.79 Å². The minimum atomic E-state index is -0.0642. The van der Waals surface area contributed by atoms with E-state index in [9.17, 15) is 4.79 Å². The van der Waals surface area contributed by atoms with Crippen LogP contribution in [0.4, 0.5) is 0 Å². The van der Waals surface area contributed by atoms with Crippen LogP contribution in [0, 0.1) is 5.41 Å². The summed E-state index contributed by atoms with van der Waals surface area (Å²) in [6.45, 7) is 4.40. The lowest BCUT2D eigenvalue weighted by molar-refractivity contribution is -0.132. The molecule has 6 heteroatoms. The molecule has 0 aliphatic carbocycles. The molecule has 1 amide bonds. The van der Waals surface area contributed by atoms with E-state index in [-0.39, 0.29) is 11.9 Å². The van der Waals surface area contributed by atoms with Crippen molar-refractivity contribution >= 4 is 5.91 Å². The third-order valence-electron chi connectivity index (χ3n) is 6.08. The fourth-order valence-electron chi connectivity index (χ4n) is 4.40. The van der Waals surface area contributed by atoms with Gasteiger partial charge in [0, 0.05) is 32.5 Å². The number of carbonyl (C=O) groups is 1. The number of piperidine rings is 1. The summed E-state index contributed by atoms with van der Waals surface area (Å²) >= 11 is 0. The van der Waals surface area contributed by atoms with Crippen LogP contribution < -0.4 is 10.6 Å². The minimum absolute atomic E-state index is 0.0642. The quantitative estimate of drug-likeness (QED) is 0.843. The van der Waals surface area contributed by atoms with Crippen molar-refractivity contribution in [2.24, 2.45) is 5.41 Å². The van der Waals surface area contributed by atoms with Crippen molar-refractivity contribution in [2.75, 3.05) is 26.7 Å².